The van der Waals surface area contributed by atoms with Crippen LogP contribution in [-0.2, 0) is 6.18 Å². The lowest BCUT2D eigenvalue weighted by Gasteiger charge is -2.13. The molecule has 0 aliphatic heterocycles. The molecule has 1 rings (SSSR count). The van der Waals surface area contributed by atoms with E-state index in [-0.39, 0.29) is 5.56 Å². The molecule has 0 aromatic heterocycles. The molecule has 1 aromatic rings. The van der Waals surface area contributed by atoms with Crippen LogP contribution in [0.25, 0.3) is 0 Å². The number of hydrogen-bond donors (Lipinski definition) is 2. The second kappa shape index (κ2) is 7.33. The fourth-order valence-corrected chi connectivity index (χ4v) is 1.99. The van der Waals surface area contributed by atoms with Crippen LogP contribution in [0.3, 0.4) is 0 Å². The zero-order chi connectivity index (χ0) is 16.0. The van der Waals surface area contributed by atoms with E-state index in [4.69, 9.17) is 5.73 Å². The van der Waals surface area contributed by atoms with E-state index in [1.807, 2.05) is 0 Å². The third kappa shape index (κ3) is 5.28. The molecular weight excluding hydrogens is 281 g/mol. The van der Waals surface area contributed by atoms with Crippen LogP contribution in [0.5, 0.6) is 0 Å². The van der Waals surface area contributed by atoms with Gasteiger partial charge in [-0.1, -0.05) is 32.8 Å². The first-order valence-electron chi connectivity index (χ1n) is 6.97. The van der Waals surface area contributed by atoms with Gasteiger partial charge in [-0.05, 0) is 24.5 Å². The number of halogens is 3. The highest BCUT2D eigenvalue weighted by molar-refractivity contribution is 5.99. The molecule has 0 aliphatic rings. The SMILES string of the molecule is CC(C)CCCCNC(=O)c1cccc(C(F)(F)F)c1N. The number of unbranched alkanes of at least 4 members (excludes halogenated alkanes) is 1. The van der Waals surface area contributed by atoms with Crippen LogP contribution >= 0.6 is 0 Å². The Morgan fingerprint density at radius 2 is 1.95 bits per heavy atom. The topological polar surface area (TPSA) is 55.1 Å². The molecule has 0 aliphatic carbocycles. The Labute approximate surface area is 122 Å². The molecule has 0 unspecified atom stereocenters. The molecule has 118 valence electrons. The first-order chi connectivity index (χ1) is 9.73. The number of nitrogens with two attached hydrogens (primary N) is 1. The van der Waals surface area contributed by atoms with Crippen LogP contribution in [0.1, 0.15) is 49.0 Å². The van der Waals surface area contributed by atoms with E-state index in [1.165, 1.54) is 12.1 Å². The van der Waals surface area contributed by atoms with Crippen molar-refractivity contribution < 1.29 is 18.0 Å². The highest BCUT2D eigenvalue weighted by Gasteiger charge is 2.34. The number of anilines is 1. The summed E-state index contributed by atoms with van der Waals surface area (Å²) in [5, 5.41) is 2.61. The Hall–Kier alpha value is -1.72. The molecule has 0 saturated heterocycles. The molecule has 0 radical (unpaired) electrons. The van der Waals surface area contributed by atoms with E-state index in [2.05, 4.69) is 19.2 Å². The van der Waals surface area contributed by atoms with Crippen molar-refractivity contribution in [3.8, 4) is 0 Å². The molecule has 0 bridgehead atoms. The number of carbonyl (C=O) groups is 1. The molecule has 0 atom stereocenters. The fraction of sp³-hybridized carbons (Fsp3) is 0.533. The van der Waals surface area contributed by atoms with Gasteiger partial charge in [0.2, 0.25) is 0 Å². The molecule has 3 nitrogen and oxygen atoms in total. The highest BCUT2D eigenvalue weighted by Crippen LogP contribution is 2.34. The van der Waals surface area contributed by atoms with Crippen molar-refractivity contribution in [3.63, 3.8) is 0 Å². The van der Waals surface area contributed by atoms with Gasteiger partial charge in [0.15, 0.2) is 0 Å². The molecule has 3 N–H and O–H groups in total. The average Bonchev–Trinajstić information content (AvgIpc) is 2.36. The largest absolute Gasteiger partial charge is 0.418 e. The van der Waals surface area contributed by atoms with E-state index >= 15 is 0 Å². The quantitative estimate of drug-likeness (QED) is 0.619. The fourth-order valence-electron chi connectivity index (χ4n) is 1.99. The number of carbonyl (C=O) groups excluding carboxylic acids is 1. The summed E-state index contributed by atoms with van der Waals surface area (Å²) in [7, 11) is 0. The molecule has 0 fully saturated rings. The van der Waals surface area contributed by atoms with Crippen molar-refractivity contribution in [2.75, 3.05) is 12.3 Å². The summed E-state index contributed by atoms with van der Waals surface area (Å²) in [5.41, 5.74) is 3.83. The van der Waals surface area contributed by atoms with E-state index in [0.717, 1.165) is 25.3 Å². The molecular formula is C15H21F3N2O. The van der Waals surface area contributed by atoms with E-state index < -0.39 is 23.3 Å². The van der Waals surface area contributed by atoms with Crippen molar-refractivity contribution in [3.05, 3.63) is 29.3 Å². The van der Waals surface area contributed by atoms with E-state index in [9.17, 15) is 18.0 Å². The maximum absolute atomic E-state index is 12.7. The summed E-state index contributed by atoms with van der Waals surface area (Å²) in [6.07, 6.45) is -1.74. The van der Waals surface area contributed by atoms with Crippen LogP contribution < -0.4 is 11.1 Å². The number of nitrogen functional groups attached to an aromatic ring is 1. The molecule has 1 aromatic carbocycles. The highest BCUT2D eigenvalue weighted by atomic mass is 19.4. The molecule has 0 spiro atoms. The zero-order valence-corrected chi connectivity index (χ0v) is 12.3. The Morgan fingerprint density at radius 3 is 2.52 bits per heavy atom. The van der Waals surface area contributed by atoms with Gasteiger partial charge >= 0.3 is 6.18 Å². The summed E-state index contributed by atoms with van der Waals surface area (Å²) < 4.78 is 38.1. The van der Waals surface area contributed by atoms with E-state index in [1.54, 1.807) is 0 Å². The number of benzene rings is 1. The van der Waals surface area contributed by atoms with Crippen LogP contribution in [0.4, 0.5) is 18.9 Å². The lowest BCUT2D eigenvalue weighted by Crippen LogP contribution is -2.26. The van der Waals surface area contributed by atoms with Crippen LogP contribution in [0.2, 0.25) is 0 Å². The molecule has 21 heavy (non-hydrogen) atoms. The summed E-state index contributed by atoms with van der Waals surface area (Å²) in [6, 6.07) is 3.36. The van der Waals surface area contributed by atoms with Gasteiger partial charge in [-0.15, -0.1) is 0 Å². The first-order valence-corrected chi connectivity index (χ1v) is 6.97. The van der Waals surface area contributed by atoms with Gasteiger partial charge in [-0.2, -0.15) is 13.2 Å². The number of alkyl halides is 3. The second-order valence-electron chi connectivity index (χ2n) is 5.41. The maximum atomic E-state index is 12.7. The Bertz CT molecular complexity index is 484. The first kappa shape index (κ1) is 17.3. The molecule has 0 saturated carbocycles. The standard InChI is InChI=1S/C15H21F3N2O/c1-10(2)6-3-4-9-20-14(21)11-7-5-8-12(13(11)19)15(16,17)18/h5,7-8,10H,3-4,6,9,19H2,1-2H3,(H,20,21). The molecule has 6 heteroatoms. The summed E-state index contributed by atoms with van der Waals surface area (Å²) in [6.45, 7) is 4.66. The van der Waals surface area contributed by atoms with E-state index in [0.29, 0.717) is 12.5 Å². The average molecular weight is 302 g/mol. The van der Waals surface area contributed by atoms with Crippen molar-refractivity contribution in [1.29, 1.82) is 0 Å². The van der Waals surface area contributed by atoms with Crippen molar-refractivity contribution in [2.45, 2.75) is 39.3 Å². The number of hydrogen-bond acceptors (Lipinski definition) is 2. The smallest absolute Gasteiger partial charge is 0.398 e. The maximum Gasteiger partial charge on any atom is 0.418 e. The van der Waals surface area contributed by atoms with Gasteiger partial charge in [-0.25, -0.2) is 0 Å². The predicted octanol–water partition coefficient (Wildman–Crippen LogP) is 3.84. The van der Waals surface area contributed by atoms with Gasteiger partial charge in [0.1, 0.15) is 0 Å². The second-order valence-corrected chi connectivity index (χ2v) is 5.41. The Balaban J connectivity index is 2.63. The van der Waals surface area contributed by atoms with Gasteiger partial charge in [0, 0.05) is 6.54 Å². The third-order valence-corrected chi connectivity index (χ3v) is 3.15. The molecule has 0 heterocycles. The summed E-state index contributed by atoms with van der Waals surface area (Å²) >= 11 is 0. The van der Waals surface area contributed by atoms with Crippen molar-refractivity contribution >= 4 is 11.6 Å². The van der Waals surface area contributed by atoms with Crippen molar-refractivity contribution in [2.24, 2.45) is 5.92 Å². The van der Waals surface area contributed by atoms with Crippen LogP contribution in [0.15, 0.2) is 18.2 Å². The Morgan fingerprint density at radius 1 is 1.29 bits per heavy atom. The minimum atomic E-state index is -4.56. The predicted molar refractivity (Wildman–Crippen MR) is 76.9 cm³/mol. The lowest BCUT2D eigenvalue weighted by molar-refractivity contribution is -0.136. The van der Waals surface area contributed by atoms with Crippen LogP contribution in [-0.4, -0.2) is 12.5 Å². The molecule has 1 amide bonds. The number of amides is 1. The third-order valence-electron chi connectivity index (χ3n) is 3.15. The number of para-hydroxylation sites is 1. The van der Waals surface area contributed by atoms with Gasteiger partial charge in [0.05, 0.1) is 16.8 Å². The number of nitrogens with one attached hydrogen (secondary N) is 1. The minimum absolute atomic E-state index is 0.131. The van der Waals surface area contributed by atoms with Gasteiger partial charge in [-0.3, -0.25) is 4.79 Å². The number of rotatable bonds is 6. The summed E-state index contributed by atoms with van der Waals surface area (Å²) in [4.78, 5) is 11.9. The van der Waals surface area contributed by atoms with Crippen LogP contribution in [0, 0.1) is 5.92 Å². The lowest BCUT2D eigenvalue weighted by atomic mass is 10.1. The minimum Gasteiger partial charge on any atom is -0.398 e. The Kier molecular flexibility index (Phi) is 6.05. The summed E-state index contributed by atoms with van der Waals surface area (Å²) in [5.74, 6) is 0.0305. The van der Waals surface area contributed by atoms with Gasteiger partial charge in [0.25, 0.3) is 5.91 Å². The normalized spacial score (nSPS) is 11.7. The zero-order valence-electron chi connectivity index (χ0n) is 12.3. The van der Waals surface area contributed by atoms with Crippen molar-refractivity contribution in [1.82, 2.24) is 5.32 Å². The van der Waals surface area contributed by atoms with Gasteiger partial charge < -0.3 is 11.1 Å². The monoisotopic (exact) mass is 302 g/mol.